The number of rotatable bonds is 13. The molecule has 1 N–H and O–H groups in total. The molecule has 0 aliphatic heterocycles. The van der Waals surface area contributed by atoms with Crippen molar-refractivity contribution in [1.82, 2.24) is 5.32 Å². The fourth-order valence-electron chi connectivity index (χ4n) is 3.24. The maximum absolute atomic E-state index is 11.3. The van der Waals surface area contributed by atoms with E-state index >= 15 is 0 Å². The molecule has 0 aromatic heterocycles. The smallest absolute Gasteiger partial charge is 0.207 e. The quantitative estimate of drug-likeness (QED) is 0.379. The molecule has 4 heteroatoms. The molecule has 0 aliphatic carbocycles. The largest absolute Gasteiger partial charge is 0.493 e. The van der Waals surface area contributed by atoms with Gasteiger partial charge in [0, 0.05) is 11.5 Å². The highest BCUT2D eigenvalue weighted by atomic mass is 16.5. The molecule has 0 saturated heterocycles. The lowest BCUT2D eigenvalue weighted by atomic mass is 9.81. The summed E-state index contributed by atoms with van der Waals surface area (Å²) in [6.45, 7) is 10.3. The van der Waals surface area contributed by atoms with Gasteiger partial charge in [0.1, 0.15) is 5.75 Å². The molecule has 0 bridgehead atoms. The van der Waals surface area contributed by atoms with Crippen LogP contribution >= 0.6 is 0 Å². The third-order valence-electron chi connectivity index (χ3n) is 5.25. The molecule has 1 unspecified atom stereocenters. The predicted octanol–water partition coefficient (Wildman–Crippen LogP) is 5.07. The van der Waals surface area contributed by atoms with Gasteiger partial charge in [-0.15, -0.1) is 0 Å². The van der Waals surface area contributed by atoms with Crippen LogP contribution in [-0.4, -0.2) is 25.7 Å². The number of nitrogens with one attached hydrogen (secondary N) is 1. The highest BCUT2D eigenvalue weighted by molar-refractivity contribution is 5.47. The monoisotopic (exact) mass is 397 g/mol. The third kappa shape index (κ3) is 7.54. The number of unbranched alkanes of at least 4 members (excludes halogenated alkanes) is 1. The van der Waals surface area contributed by atoms with Gasteiger partial charge in [-0.3, -0.25) is 4.79 Å². The van der Waals surface area contributed by atoms with Crippen LogP contribution in [0.2, 0.25) is 0 Å². The predicted molar refractivity (Wildman–Crippen MR) is 118 cm³/mol. The van der Waals surface area contributed by atoms with Crippen molar-refractivity contribution < 1.29 is 14.3 Å². The van der Waals surface area contributed by atoms with Crippen LogP contribution in [-0.2, 0) is 22.6 Å². The number of ether oxygens (including phenoxy) is 2. The van der Waals surface area contributed by atoms with Crippen LogP contribution in [0, 0.1) is 12.3 Å². The van der Waals surface area contributed by atoms with E-state index < -0.39 is 0 Å². The molecule has 0 radical (unpaired) electrons. The molecule has 1 atom stereocenters. The number of benzene rings is 2. The van der Waals surface area contributed by atoms with E-state index in [-0.39, 0.29) is 11.5 Å². The van der Waals surface area contributed by atoms with E-state index in [1.165, 1.54) is 0 Å². The summed E-state index contributed by atoms with van der Waals surface area (Å²) in [6, 6.07) is 16.4. The number of carbonyl (C=O) groups is 1. The van der Waals surface area contributed by atoms with Crippen LogP contribution in [0.4, 0.5) is 0 Å². The van der Waals surface area contributed by atoms with Gasteiger partial charge in [0.2, 0.25) is 6.41 Å². The topological polar surface area (TPSA) is 47.6 Å². The summed E-state index contributed by atoms with van der Waals surface area (Å²) in [5, 5.41) is 3.01. The summed E-state index contributed by atoms with van der Waals surface area (Å²) < 4.78 is 11.9. The van der Waals surface area contributed by atoms with Crippen LogP contribution in [0.1, 0.15) is 50.3 Å². The van der Waals surface area contributed by atoms with Gasteiger partial charge in [-0.2, -0.15) is 0 Å². The third-order valence-corrected chi connectivity index (χ3v) is 5.25. The lowest BCUT2D eigenvalue weighted by molar-refractivity contribution is -0.111. The van der Waals surface area contributed by atoms with Gasteiger partial charge in [0.25, 0.3) is 0 Å². The summed E-state index contributed by atoms with van der Waals surface area (Å²) in [4.78, 5) is 11.3. The maximum atomic E-state index is 11.3. The van der Waals surface area contributed by atoms with Crippen LogP contribution in [0.25, 0.3) is 0 Å². The van der Waals surface area contributed by atoms with Crippen molar-refractivity contribution in [2.24, 2.45) is 5.41 Å². The van der Waals surface area contributed by atoms with Gasteiger partial charge in [-0.1, -0.05) is 69.7 Å². The van der Waals surface area contributed by atoms with Crippen molar-refractivity contribution >= 4 is 6.41 Å². The SMILES string of the molecule is CCCCOc1cc(CC(NC=O)C(C)(C)COCc2ccccc2)ccc1C. The zero-order chi connectivity index (χ0) is 21.1. The Morgan fingerprint density at radius 1 is 1.10 bits per heavy atom. The Hall–Kier alpha value is -2.33. The fourth-order valence-corrected chi connectivity index (χ4v) is 3.24. The molecule has 0 saturated carbocycles. The first-order chi connectivity index (χ1) is 14.0. The van der Waals surface area contributed by atoms with E-state index in [1.54, 1.807) is 0 Å². The Morgan fingerprint density at radius 2 is 1.86 bits per heavy atom. The van der Waals surface area contributed by atoms with Crippen LogP contribution in [0.5, 0.6) is 5.75 Å². The number of hydrogen-bond acceptors (Lipinski definition) is 3. The number of aryl methyl sites for hydroxylation is 1. The lowest BCUT2D eigenvalue weighted by Crippen LogP contribution is -2.45. The maximum Gasteiger partial charge on any atom is 0.207 e. The first-order valence-electron chi connectivity index (χ1n) is 10.5. The average Bonchev–Trinajstić information content (AvgIpc) is 2.71. The standard InChI is InChI=1S/C25H35NO3/c1-5-6-14-29-23-15-22(13-12-20(23)2)16-24(26-19-27)25(3,4)18-28-17-21-10-8-7-9-11-21/h7-13,15,19,24H,5-6,14,16-18H2,1-4H3,(H,26,27). The Morgan fingerprint density at radius 3 is 2.55 bits per heavy atom. The molecule has 2 aromatic carbocycles. The van der Waals surface area contributed by atoms with Crippen LogP contribution < -0.4 is 10.1 Å². The van der Waals surface area contributed by atoms with Crippen molar-refractivity contribution in [1.29, 1.82) is 0 Å². The van der Waals surface area contributed by atoms with E-state index in [4.69, 9.17) is 9.47 Å². The molecule has 2 aromatic rings. The highest BCUT2D eigenvalue weighted by Gasteiger charge is 2.30. The van der Waals surface area contributed by atoms with Gasteiger partial charge in [-0.25, -0.2) is 0 Å². The molecule has 158 valence electrons. The molecule has 0 fully saturated rings. The normalized spacial score (nSPS) is 12.4. The Labute approximate surface area is 175 Å². The Bertz CT molecular complexity index is 743. The molecular weight excluding hydrogens is 362 g/mol. The van der Waals surface area contributed by atoms with E-state index in [1.807, 2.05) is 18.2 Å². The number of amides is 1. The van der Waals surface area contributed by atoms with Crippen molar-refractivity contribution in [3.05, 3.63) is 65.2 Å². The summed E-state index contributed by atoms with van der Waals surface area (Å²) >= 11 is 0. The summed E-state index contributed by atoms with van der Waals surface area (Å²) in [5.41, 5.74) is 3.22. The van der Waals surface area contributed by atoms with E-state index in [2.05, 4.69) is 63.3 Å². The summed E-state index contributed by atoms with van der Waals surface area (Å²) in [6.07, 6.45) is 3.67. The minimum Gasteiger partial charge on any atom is -0.493 e. The second-order valence-electron chi connectivity index (χ2n) is 8.31. The molecule has 0 heterocycles. The van der Waals surface area contributed by atoms with Gasteiger partial charge in [-0.05, 0) is 42.5 Å². The van der Waals surface area contributed by atoms with Crippen LogP contribution in [0.15, 0.2) is 48.5 Å². The van der Waals surface area contributed by atoms with E-state index in [9.17, 15) is 4.79 Å². The number of hydrogen-bond donors (Lipinski definition) is 1. The average molecular weight is 398 g/mol. The summed E-state index contributed by atoms with van der Waals surface area (Å²) in [5.74, 6) is 0.930. The van der Waals surface area contributed by atoms with E-state index in [0.29, 0.717) is 13.2 Å². The molecule has 4 nitrogen and oxygen atoms in total. The van der Waals surface area contributed by atoms with Gasteiger partial charge in [0.15, 0.2) is 0 Å². The number of carbonyl (C=O) groups excluding carboxylic acids is 1. The van der Waals surface area contributed by atoms with Crippen molar-refractivity contribution in [3.63, 3.8) is 0 Å². The second kappa shape index (κ2) is 11.6. The van der Waals surface area contributed by atoms with Crippen molar-refractivity contribution in [3.8, 4) is 5.75 Å². The van der Waals surface area contributed by atoms with Crippen LogP contribution in [0.3, 0.4) is 0 Å². The lowest BCUT2D eigenvalue weighted by Gasteiger charge is -2.34. The fraction of sp³-hybridized carbons (Fsp3) is 0.480. The zero-order valence-electron chi connectivity index (χ0n) is 18.2. The van der Waals surface area contributed by atoms with Gasteiger partial charge in [0.05, 0.1) is 19.8 Å². The van der Waals surface area contributed by atoms with Crippen molar-refractivity contribution in [2.75, 3.05) is 13.2 Å². The first kappa shape index (κ1) is 23.0. The molecule has 0 aliphatic rings. The van der Waals surface area contributed by atoms with E-state index in [0.717, 1.165) is 54.7 Å². The zero-order valence-corrected chi connectivity index (χ0v) is 18.2. The molecule has 0 spiro atoms. The first-order valence-corrected chi connectivity index (χ1v) is 10.5. The Balaban J connectivity index is 2.01. The van der Waals surface area contributed by atoms with Gasteiger partial charge < -0.3 is 14.8 Å². The summed E-state index contributed by atoms with van der Waals surface area (Å²) in [7, 11) is 0. The second-order valence-corrected chi connectivity index (χ2v) is 8.31. The minimum absolute atomic E-state index is 0.0398. The molecule has 29 heavy (non-hydrogen) atoms. The van der Waals surface area contributed by atoms with Gasteiger partial charge >= 0.3 is 0 Å². The molecule has 1 amide bonds. The Kier molecular flexibility index (Phi) is 9.20. The highest BCUT2D eigenvalue weighted by Crippen LogP contribution is 2.27. The van der Waals surface area contributed by atoms with Crippen molar-refractivity contribution in [2.45, 2.75) is 59.6 Å². The molecule has 2 rings (SSSR count). The minimum atomic E-state index is -0.218. The molecular formula is C25H35NO3.